The van der Waals surface area contributed by atoms with E-state index >= 15 is 0 Å². The van der Waals surface area contributed by atoms with Gasteiger partial charge in [-0.3, -0.25) is 0 Å². The fourth-order valence-electron chi connectivity index (χ4n) is 1.27. The first-order valence-corrected chi connectivity index (χ1v) is 4.51. The maximum atomic E-state index is 5.57. The van der Waals surface area contributed by atoms with Crippen LogP contribution in [0.2, 0.25) is 0 Å². The zero-order chi connectivity index (χ0) is 10.3. The Balaban J connectivity index is 2.63. The van der Waals surface area contributed by atoms with Crippen molar-refractivity contribution in [2.75, 3.05) is 5.73 Å². The highest BCUT2D eigenvalue weighted by molar-refractivity contribution is 5.84. The molecular weight excluding hydrogens is 178 g/mol. The summed E-state index contributed by atoms with van der Waals surface area (Å²) < 4.78 is 4.85. The van der Waals surface area contributed by atoms with Crippen molar-refractivity contribution in [3.05, 3.63) is 17.8 Å². The molecule has 2 aromatic heterocycles. The van der Waals surface area contributed by atoms with Gasteiger partial charge in [0.2, 0.25) is 11.5 Å². The molecule has 0 aliphatic heterocycles. The average Bonchev–Trinajstić information content (AvgIpc) is 2.46. The summed E-state index contributed by atoms with van der Waals surface area (Å²) in [6, 6.07) is 3.85. The topological polar surface area (TPSA) is 64.9 Å². The van der Waals surface area contributed by atoms with Crippen LogP contribution >= 0.6 is 0 Å². The predicted octanol–water partition coefficient (Wildman–Crippen LogP) is 2.10. The number of rotatable bonds is 0. The summed E-state index contributed by atoms with van der Waals surface area (Å²) in [6.07, 6.45) is 0. The van der Waals surface area contributed by atoms with Crippen molar-refractivity contribution in [3.63, 3.8) is 0 Å². The molecule has 0 amide bonds. The number of aromatic nitrogens is 2. The van der Waals surface area contributed by atoms with Crippen LogP contribution < -0.4 is 5.73 Å². The summed E-state index contributed by atoms with van der Waals surface area (Å²) >= 11 is 0. The minimum atomic E-state index is 0.0158. The summed E-state index contributed by atoms with van der Waals surface area (Å²) in [5.74, 6) is 0.327. The molecule has 0 saturated heterocycles. The lowest BCUT2D eigenvalue weighted by Crippen LogP contribution is -2.13. The van der Waals surface area contributed by atoms with Gasteiger partial charge in [0.25, 0.3) is 0 Å². The van der Waals surface area contributed by atoms with E-state index in [-0.39, 0.29) is 5.41 Å². The second-order valence-electron chi connectivity index (χ2n) is 4.36. The Morgan fingerprint density at radius 2 is 2.00 bits per heavy atom. The largest absolute Gasteiger partial charge is 0.367 e. The van der Waals surface area contributed by atoms with Gasteiger partial charge in [0.1, 0.15) is 0 Å². The lowest BCUT2D eigenvalue weighted by molar-refractivity contribution is 0.443. The summed E-state index contributed by atoms with van der Waals surface area (Å²) in [7, 11) is 0. The lowest BCUT2D eigenvalue weighted by Gasteiger charge is -2.16. The molecule has 0 fully saturated rings. The molecule has 0 aliphatic carbocycles. The van der Waals surface area contributed by atoms with Crippen molar-refractivity contribution in [1.29, 1.82) is 0 Å². The molecule has 0 saturated carbocycles. The number of hydrogen-bond donors (Lipinski definition) is 1. The van der Waals surface area contributed by atoms with E-state index in [2.05, 4.69) is 30.9 Å². The molecule has 0 unspecified atom stereocenters. The standard InChI is InChI=1S/C10H13N3O/c1-10(2,3)7-5-4-6-8(11)14-13-9(6)12-7/h4-5H,11H2,1-3H3. The molecule has 14 heavy (non-hydrogen) atoms. The Hall–Kier alpha value is -1.58. The molecule has 0 aromatic carbocycles. The van der Waals surface area contributed by atoms with E-state index in [1.54, 1.807) is 0 Å². The first kappa shape index (κ1) is 8.99. The molecular formula is C10H13N3O. The fourth-order valence-corrected chi connectivity index (χ4v) is 1.27. The lowest BCUT2D eigenvalue weighted by atomic mass is 9.91. The van der Waals surface area contributed by atoms with E-state index in [0.29, 0.717) is 11.5 Å². The Morgan fingerprint density at radius 3 is 2.64 bits per heavy atom. The number of nitrogen functional groups attached to an aromatic ring is 1. The summed E-state index contributed by atoms with van der Waals surface area (Å²) in [6.45, 7) is 6.31. The first-order chi connectivity index (χ1) is 6.48. The van der Waals surface area contributed by atoms with E-state index in [1.165, 1.54) is 0 Å². The molecule has 0 bridgehead atoms. The number of anilines is 1. The Kier molecular flexibility index (Phi) is 1.74. The first-order valence-electron chi connectivity index (χ1n) is 4.51. The number of nitrogens with two attached hydrogens (primary N) is 1. The van der Waals surface area contributed by atoms with Gasteiger partial charge in [-0.05, 0) is 12.1 Å². The normalized spacial score (nSPS) is 12.2. The van der Waals surface area contributed by atoms with Gasteiger partial charge in [-0.2, -0.15) is 0 Å². The SMILES string of the molecule is CC(C)(C)c1ccc2c(N)onc2n1. The third-order valence-electron chi connectivity index (χ3n) is 2.14. The van der Waals surface area contributed by atoms with Crippen LogP contribution in [0.4, 0.5) is 5.88 Å². The van der Waals surface area contributed by atoms with Crippen LogP contribution in [0.1, 0.15) is 26.5 Å². The molecule has 0 radical (unpaired) electrons. The summed E-state index contributed by atoms with van der Waals surface area (Å²) in [4.78, 5) is 4.38. The second-order valence-corrected chi connectivity index (χ2v) is 4.36. The van der Waals surface area contributed by atoms with Crippen LogP contribution in [0.3, 0.4) is 0 Å². The second kappa shape index (κ2) is 2.70. The molecule has 4 nitrogen and oxygen atoms in total. The van der Waals surface area contributed by atoms with Gasteiger partial charge in [-0.1, -0.05) is 25.9 Å². The number of pyridine rings is 1. The van der Waals surface area contributed by atoms with E-state index in [1.807, 2.05) is 12.1 Å². The van der Waals surface area contributed by atoms with Crippen LogP contribution in [0, 0.1) is 0 Å². The van der Waals surface area contributed by atoms with Crippen molar-refractivity contribution in [1.82, 2.24) is 10.1 Å². The highest BCUT2D eigenvalue weighted by Gasteiger charge is 2.17. The summed E-state index contributed by atoms with van der Waals surface area (Å²) in [5, 5.41) is 4.56. The highest BCUT2D eigenvalue weighted by atomic mass is 16.5. The fraction of sp³-hybridized carbons (Fsp3) is 0.400. The van der Waals surface area contributed by atoms with E-state index in [0.717, 1.165) is 11.1 Å². The van der Waals surface area contributed by atoms with E-state index in [9.17, 15) is 0 Å². The molecule has 0 atom stereocenters. The third kappa shape index (κ3) is 1.32. The Morgan fingerprint density at radius 1 is 1.29 bits per heavy atom. The maximum absolute atomic E-state index is 5.57. The van der Waals surface area contributed by atoms with Crippen LogP contribution in [0.15, 0.2) is 16.7 Å². The minimum Gasteiger partial charge on any atom is -0.367 e. The Bertz CT molecular complexity index is 468. The molecule has 74 valence electrons. The van der Waals surface area contributed by atoms with Crippen molar-refractivity contribution in [3.8, 4) is 0 Å². The zero-order valence-corrected chi connectivity index (χ0v) is 8.53. The number of nitrogens with zero attached hydrogens (tertiary/aromatic N) is 2. The van der Waals surface area contributed by atoms with E-state index in [4.69, 9.17) is 10.3 Å². The van der Waals surface area contributed by atoms with Crippen molar-refractivity contribution < 1.29 is 4.52 Å². The van der Waals surface area contributed by atoms with Gasteiger partial charge in [0.05, 0.1) is 5.39 Å². The van der Waals surface area contributed by atoms with Crippen molar-refractivity contribution >= 4 is 16.9 Å². The molecule has 4 heteroatoms. The van der Waals surface area contributed by atoms with Crippen LogP contribution in [0.5, 0.6) is 0 Å². The minimum absolute atomic E-state index is 0.0158. The van der Waals surface area contributed by atoms with Crippen molar-refractivity contribution in [2.24, 2.45) is 0 Å². The number of fused-ring (bicyclic) bond motifs is 1. The molecule has 2 aromatic rings. The van der Waals surface area contributed by atoms with Gasteiger partial charge in [-0.15, -0.1) is 0 Å². The van der Waals surface area contributed by atoms with Gasteiger partial charge in [-0.25, -0.2) is 4.98 Å². The van der Waals surface area contributed by atoms with Gasteiger partial charge >= 0.3 is 0 Å². The third-order valence-corrected chi connectivity index (χ3v) is 2.14. The van der Waals surface area contributed by atoms with E-state index < -0.39 is 0 Å². The van der Waals surface area contributed by atoms with Crippen LogP contribution in [-0.2, 0) is 5.41 Å². The average molecular weight is 191 g/mol. The Labute approximate surface area is 82.1 Å². The molecule has 2 heterocycles. The maximum Gasteiger partial charge on any atom is 0.231 e. The number of hydrogen-bond acceptors (Lipinski definition) is 4. The zero-order valence-electron chi connectivity index (χ0n) is 8.53. The molecule has 0 aliphatic rings. The monoisotopic (exact) mass is 191 g/mol. The molecule has 2 rings (SSSR count). The van der Waals surface area contributed by atoms with Crippen LogP contribution in [0.25, 0.3) is 11.0 Å². The van der Waals surface area contributed by atoms with Crippen LogP contribution in [-0.4, -0.2) is 10.1 Å². The highest BCUT2D eigenvalue weighted by Crippen LogP contribution is 2.24. The van der Waals surface area contributed by atoms with Gasteiger partial charge in [0, 0.05) is 11.1 Å². The smallest absolute Gasteiger partial charge is 0.231 e. The van der Waals surface area contributed by atoms with Gasteiger partial charge in [0.15, 0.2) is 0 Å². The molecule has 0 spiro atoms. The predicted molar refractivity (Wildman–Crippen MR) is 54.9 cm³/mol. The van der Waals surface area contributed by atoms with Gasteiger partial charge < -0.3 is 10.3 Å². The quantitative estimate of drug-likeness (QED) is 0.692. The van der Waals surface area contributed by atoms with Crippen molar-refractivity contribution in [2.45, 2.75) is 26.2 Å². The summed E-state index contributed by atoms with van der Waals surface area (Å²) in [5.41, 5.74) is 7.15. The molecule has 2 N–H and O–H groups in total.